The molecular formula is C24H22N4O4S3. The van der Waals surface area contributed by atoms with Gasteiger partial charge in [0.25, 0.3) is 5.91 Å². The van der Waals surface area contributed by atoms with E-state index in [0.29, 0.717) is 52.3 Å². The Morgan fingerprint density at radius 1 is 1.09 bits per heavy atom. The Hall–Kier alpha value is -2.83. The summed E-state index contributed by atoms with van der Waals surface area (Å²) >= 11 is 6.50. The maximum absolute atomic E-state index is 13.2. The van der Waals surface area contributed by atoms with Crippen molar-refractivity contribution in [3.05, 3.63) is 71.3 Å². The van der Waals surface area contributed by atoms with Crippen molar-refractivity contribution in [2.75, 3.05) is 33.4 Å². The molecule has 2 aromatic carbocycles. The van der Waals surface area contributed by atoms with Crippen LogP contribution < -0.4 is 0 Å². The van der Waals surface area contributed by atoms with E-state index in [9.17, 15) is 13.2 Å². The number of ether oxygens (including phenoxy) is 1. The molecule has 2 saturated heterocycles. The van der Waals surface area contributed by atoms with Crippen LogP contribution in [0.5, 0.6) is 0 Å². The Kier molecular flexibility index (Phi) is 6.60. The highest BCUT2D eigenvalue weighted by Crippen LogP contribution is 2.34. The van der Waals surface area contributed by atoms with Gasteiger partial charge in [-0.25, -0.2) is 13.1 Å². The van der Waals surface area contributed by atoms with Gasteiger partial charge in [-0.3, -0.25) is 9.69 Å². The zero-order chi connectivity index (χ0) is 24.6. The lowest BCUT2D eigenvalue weighted by atomic mass is 10.1. The Bertz CT molecular complexity index is 1430. The summed E-state index contributed by atoms with van der Waals surface area (Å²) in [6, 6.07) is 16.3. The number of thioether (sulfide) groups is 1. The lowest BCUT2D eigenvalue weighted by Crippen LogP contribution is -2.40. The molecule has 0 N–H and O–H groups in total. The number of carbonyl (C=O) groups excluding carboxylic acids is 1. The first-order chi connectivity index (χ1) is 16.8. The van der Waals surface area contributed by atoms with Crippen LogP contribution >= 0.6 is 24.0 Å². The number of nitrogens with zero attached hydrogens (tertiary/aromatic N) is 4. The van der Waals surface area contributed by atoms with Gasteiger partial charge in [-0.1, -0.05) is 54.3 Å². The molecule has 2 fully saturated rings. The molecule has 35 heavy (non-hydrogen) atoms. The molecule has 0 spiro atoms. The number of carbonyl (C=O) groups is 1. The van der Waals surface area contributed by atoms with E-state index in [-0.39, 0.29) is 10.8 Å². The number of hydrogen-bond acceptors (Lipinski definition) is 7. The maximum Gasteiger partial charge on any atom is 0.265 e. The van der Waals surface area contributed by atoms with Gasteiger partial charge in [0.1, 0.15) is 10.0 Å². The zero-order valence-corrected chi connectivity index (χ0v) is 21.3. The predicted molar refractivity (Wildman–Crippen MR) is 140 cm³/mol. The molecule has 3 aromatic rings. The van der Waals surface area contributed by atoms with Crippen molar-refractivity contribution in [2.24, 2.45) is 0 Å². The van der Waals surface area contributed by atoms with Crippen LogP contribution in [0.1, 0.15) is 5.56 Å². The molecule has 0 saturated carbocycles. The third-order valence-corrected chi connectivity index (χ3v) is 9.13. The average Bonchev–Trinajstić information content (AvgIpc) is 3.42. The van der Waals surface area contributed by atoms with Crippen LogP contribution in [-0.2, 0) is 19.6 Å². The number of sulfonamides is 1. The van der Waals surface area contributed by atoms with Gasteiger partial charge < -0.3 is 4.74 Å². The molecule has 0 aliphatic carbocycles. The van der Waals surface area contributed by atoms with E-state index in [1.807, 2.05) is 42.6 Å². The van der Waals surface area contributed by atoms with E-state index in [4.69, 9.17) is 22.1 Å². The SMILES string of the molecule is CN1C(=O)C(=Cc2cn(-c3ccccc3)nc2-c2cccc(S(=O)(=O)N3CCOCC3)c2)SC1=S. The lowest BCUT2D eigenvalue weighted by Gasteiger charge is -2.26. The van der Waals surface area contributed by atoms with Crippen LogP contribution in [0.2, 0.25) is 0 Å². The fourth-order valence-corrected chi connectivity index (χ4v) is 6.48. The van der Waals surface area contributed by atoms with Crippen molar-refractivity contribution in [2.45, 2.75) is 4.90 Å². The van der Waals surface area contributed by atoms with Gasteiger partial charge in [-0.2, -0.15) is 9.40 Å². The Balaban J connectivity index is 1.60. The van der Waals surface area contributed by atoms with Crippen molar-refractivity contribution in [1.29, 1.82) is 0 Å². The van der Waals surface area contributed by atoms with Gasteiger partial charge >= 0.3 is 0 Å². The first-order valence-corrected chi connectivity index (χ1v) is 13.6. The summed E-state index contributed by atoms with van der Waals surface area (Å²) in [4.78, 5) is 14.7. The minimum Gasteiger partial charge on any atom is -0.379 e. The number of para-hydroxylation sites is 1. The summed E-state index contributed by atoms with van der Waals surface area (Å²) in [6.45, 7) is 1.39. The van der Waals surface area contributed by atoms with Crippen molar-refractivity contribution in [3.8, 4) is 16.9 Å². The summed E-state index contributed by atoms with van der Waals surface area (Å²) in [5, 5.41) is 4.77. The summed E-state index contributed by atoms with van der Waals surface area (Å²) in [5.41, 5.74) is 2.72. The van der Waals surface area contributed by atoms with Crippen LogP contribution in [0.3, 0.4) is 0 Å². The van der Waals surface area contributed by atoms with Crippen molar-refractivity contribution >= 4 is 50.3 Å². The summed E-state index contributed by atoms with van der Waals surface area (Å²) in [7, 11) is -2.03. The van der Waals surface area contributed by atoms with E-state index >= 15 is 0 Å². The fraction of sp³-hybridized carbons (Fsp3) is 0.208. The number of hydrogen-bond donors (Lipinski definition) is 0. The molecule has 3 heterocycles. The third-order valence-electron chi connectivity index (χ3n) is 5.75. The second-order valence-corrected chi connectivity index (χ2v) is 11.6. The monoisotopic (exact) mass is 526 g/mol. The van der Waals surface area contributed by atoms with Crippen LogP contribution in [-0.4, -0.2) is 71.0 Å². The third kappa shape index (κ3) is 4.69. The molecule has 8 nitrogen and oxygen atoms in total. The summed E-state index contributed by atoms with van der Waals surface area (Å²) < 4.78 is 35.4. The number of thiocarbonyl (C=S) groups is 1. The van der Waals surface area contributed by atoms with Crippen molar-refractivity contribution in [3.63, 3.8) is 0 Å². The molecule has 0 bridgehead atoms. The van der Waals surface area contributed by atoms with E-state index < -0.39 is 10.0 Å². The molecule has 180 valence electrons. The van der Waals surface area contributed by atoms with Gasteiger partial charge in [0.15, 0.2) is 0 Å². The van der Waals surface area contributed by atoms with Gasteiger partial charge in [0.2, 0.25) is 10.0 Å². The van der Waals surface area contributed by atoms with E-state index in [2.05, 4.69) is 0 Å². The molecule has 1 aromatic heterocycles. The quantitative estimate of drug-likeness (QED) is 0.372. The van der Waals surface area contributed by atoms with Crippen LogP contribution in [0.4, 0.5) is 0 Å². The Morgan fingerprint density at radius 2 is 1.83 bits per heavy atom. The molecule has 0 atom stereocenters. The molecule has 2 aliphatic rings. The van der Waals surface area contributed by atoms with Crippen LogP contribution in [0.25, 0.3) is 23.0 Å². The molecule has 11 heteroatoms. The van der Waals surface area contributed by atoms with E-state index in [0.717, 1.165) is 5.69 Å². The highest BCUT2D eigenvalue weighted by atomic mass is 32.2. The fourth-order valence-electron chi connectivity index (χ4n) is 3.86. The molecule has 0 unspecified atom stereocenters. The van der Waals surface area contributed by atoms with E-state index in [1.54, 1.807) is 36.0 Å². The summed E-state index contributed by atoms with van der Waals surface area (Å²) in [5.74, 6) is -0.179. The number of aromatic nitrogens is 2. The second kappa shape index (κ2) is 9.67. The van der Waals surface area contributed by atoms with Crippen LogP contribution in [0, 0.1) is 0 Å². The number of morpholine rings is 1. The van der Waals surface area contributed by atoms with Crippen molar-refractivity contribution in [1.82, 2.24) is 19.0 Å². The zero-order valence-electron chi connectivity index (χ0n) is 18.8. The number of amides is 1. The lowest BCUT2D eigenvalue weighted by molar-refractivity contribution is -0.121. The maximum atomic E-state index is 13.2. The Labute approximate surface area is 213 Å². The number of benzene rings is 2. The largest absolute Gasteiger partial charge is 0.379 e. The normalized spacial score (nSPS) is 18.5. The first kappa shape index (κ1) is 23.9. The van der Waals surface area contributed by atoms with Crippen molar-refractivity contribution < 1.29 is 17.9 Å². The predicted octanol–water partition coefficient (Wildman–Crippen LogP) is 3.39. The molecular weight excluding hydrogens is 504 g/mol. The highest BCUT2D eigenvalue weighted by molar-refractivity contribution is 8.26. The van der Waals surface area contributed by atoms with Gasteiger partial charge in [-0.05, 0) is 30.3 Å². The number of rotatable bonds is 5. The topological polar surface area (TPSA) is 84.7 Å². The van der Waals surface area contributed by atoms with Gasteiger partial charge in [0.05, 0.1) is 28.7 Å². The molecule has 0 radical (unpaired) electrons. The average molecular weight is 527 g/mol. The summed E-state index contributed by atoms with van der Waals surface area (Å²) in [6.07, 6.45) is 3.59. The number of likely N-dealkylation sites (N-methyl/N-ethyl adjacent to an activating group) is 1. The minimum atomic E-state index is -3.68. The smallest absolute Gasteiger partial charge is 0.265 e. The highest BCUT2D eigenvalue weighted by Gasteiger charge is 2.30. The minimum absolute atomic E-state index is 0.179. The molecule has 5 rings (SSSR count). The standard InChI is InChI=1S/C24H22N4O4S3/c1-26-23(29)21(34-24(26)33)15-18-16-28(19-7-3-2-4-8-19)25-22(18)17-6-5-9-20(14-17)35(30,31)27-10-12-32-13-11-27/h2-9,14-16H,10-13H2,1H3. The second-order valence-electron chi connectivity index (χ2n) is 8.00. The van der Waals surface area contributed by atoms with E-state index in [1.165, 1.54) is 21.0 Å². The molecule has 1 amide bonds. The van der Waals surface area contributed by atoms with Gasteiger partial charge in [-0.15, -0.1) is 0 Å². The van der Waals surface area contributed by atoms with Gasteiger partial charge in [0, 0.05) is 37.5 Å². The molecule has 2 aliphatic heterocycles. The Morgan fingerprint density at radius 3 is 2.51 bits per heavy atom. The van der Waals surface area contributed by atoms with Crippen LogP contribution in [0.15, 0.2) is 70.6 Å². The first-order valence-electron chi connectivity index (χ1n) is 10.9.